The number of hydrogen-bond donors (Lipinski definition) is 1. The molecule has 0 bridgehead atoms. The van der Waals surface area contributed by atoms with E-state index in [2.05, 4.69) is 9.97 Å². The molecule has 0 fully saturated rings. The number of carbonyl (C=O) groups excluding carboxylic acids is 1. The number of alkyl halides is 3. The minimum atomic E-state index is -4.54. The molecule has 0 atom stereocenters. The average molecular weight is 429 g/mol. The predicted molar refractivity (Wildman–Crippen MR) is 109 cm³/mol. The summed E-state index contributed by atoms with van der Waals surface area (Å²) in [5.41, 5.74) is 0.735. The van der Waals surface area contributed by atoms with E-state index in [1.807, 2.05) is 18.2 Å². The van der Waals surface area contributed by atoms with Crippen LogP contribution in [0.4, 0.5) is 13.2 Å². The number of rotatable bonds is 5. The van der Waals surface area contributed by atoms with Gasteiger partial charge in [-0.1, -0.05) is 30.3 Å². The van der Waals surface area contributed by atoms with Crippen LogP contribution in [0.2, 0.25) is 0 Å². The molecule has 0 unspecified atom stereocenters. The van der Waals surface area contributed by atoms with Crippen LogP contribution in [0.1, 0.15) is 24.6 Å². The van der Waals surface area contributed by atoms with Gasteiger partial charge in [-0.2, -0.15) is 13.2 Å². The van der Waals surface area contributed by atoms with Gasteiger partial charge in [-0.25, -0.2) is 4.98 Å². The van der Waals surface area contributed by atoms with Crippen molar-refractivity contribution in [3.05, 3.63) is 70.1 Å². The fourth-order valence-corrected chi connectivity index (χ4v) is 3.56. The zero-order valence-corrected chi connectivity index (χ0v) is 16.5. The molecule has 4 aromatic rings. The Morgan fingerprint density at radius 1 is 1.16 bits per heavy atom. The summed E-state index contributed by atoms with van der Waals surface area (Å²) < 4.78 is 46.0. The number of nitrogens with zero attached hydrogens (tertiary/aromatic N) is 2. The van der Waals surface area contributed by atoms with Gasteiger partial charge >= 0.3 is 12.1 Å². The Labute approximate surface area is 174 Å². The zero-order valence-electron chi connectivity index (χ0n) is 16.5. The van der Waals surface area contributed by atoms with Crippen LogP contribution in [0.25, 0.3) is 27.9 Å². The van der Waals surface area contributed by atoms with Gasteiger partial charge in [0.15, 0.2) is 0 Å². The summed E-state index contributed by atoms with van der Waals surface area (Å²) in [6, 6.07) is 12.2. The molecule has 0 aliphatic heterocycles. The molecule has 4 rings (SSSR count). The SMILES string of the molecule is CCOC(=O)CCc1nc2c(=O)[nH]c3cc(C(F)(F)F)ccc3n2c1-c1ccccc1. The highest BCUT2D eigenvalue weighted by atomic mass is 19.4. The predicted octanol–water partition coefficient (Wildman–Crippen LogP) is 4.36. The Bertz CT molecular complexity index is 1320. The van der Waals surface area contributed by atoms with E-state index in [4.69, 9.17) is 4.74 Å². The van der Waals surface area contributed by atoms with Crippen LogP contribution < -0.4 is 5.56 Å². The first kappa shape index (κ1) is 20.6. The lowest BCUT2D eigenvalue weighted by Crippen LogP contribution is -2.12. The van der Waals surface area contributed by atoms with E-state index in [1.54, 1.807) is 23.5 Å². The molecule has 0 aliphatic rings. The van der Waals surface area contributed by atoms with Crippen LogP contribution in [0.3, 0.4) is 0 Å². The molecule has 0 saturated carbocycles. The van der Waals surface area contributed by atoms with E-state index in [0.29, 0.717) is 16.9 Å². The molecule has 2 aromatic carbocycles. The smallest absolute Gasteiger partial charge is 0.416 e. The molecule has 2 aromatic heterocycles. The highest BCUT2D eigenvalue weighted by molar-refractivity contribution is 5.83. The quantitative estimate of drug-likeness (QED) is 0.479. The van der Waals surface area contributed by atoms with Crippen LogP contribution in [-0.4, -0.2) is 26.9 Å². The van der Waals surface area contributed by atoms with E-state index in [1.165, 1.54) is 6.07 Å². The number of aromatic amines is 1. The number of imidazole rings is 1. The van der Waals surface area contributed by atoms with Gasteiger partial charge in [-0.15, -0.1) is 0 Å². The fourth-order valence-electron chi connectivity index (χ4n) is 3.56. The van der Waals surface area contributed by atoms with Gasteiger partial charge in [-0.05, 0) is 25.1 Å². The fraction of sp³-hybridized carbons (Fsp3) is 0.227. The number of hydrogen-bond acceptors (Lipinski definition) is 4. The number of aromatic nitrogens is 3. The van der Waals surface area contributed by atoms with Gasteiger partial charge in [0.1, 0.15) is 0 Å². The number of H-pyrrole nitrogens is 1. The second-order valence-electron chi connectivity index (χ2n) is 6.92. The number of aryl methyl sites for hydroxylation is 1. The van der Waals surface area contributed by atoms with Gasteiger partial charge in [0.2, 0.25) is 5.65 Å². The molecule has 2 heterocycles. The highest BCUT2D eigenvalue weighted by Crippen LogP contribution is 2.33. The molecule has 1 N–H and O–H groups in total. The van der Waals surface area contributed by atoms with Crippen LogP contribution in [0, 0.1) is 0 Å². The maximum Gasteiger partial charge on any atom is 0.416 e. The van der Waals surface area contributed by atoms with E-state index in [-0.39, 0.29) is 30.6 Å². The normalized spacial score (nSPS) is 11.9. The topological polar surface area (TPSA) is 76.5 Å². The van der Waals surface area contributed by atoms with Crippen LogP contribution in [0.5, 0.6) is 0 Å². The van der Waals surface area contributed by atoms with Crippen molar-refractivity contribution >= 4 is 22.6 Å². The van der Waals surface area contributed by atoms with E-state index >= 15 is 0 Å². The number of fused-ring (bicyclic) bond motifs is 3. The Hall–Kier alpha value is -3.62. The average Bonchev–Trinajstić information content (AvgIpc) is 3.12. The minimum Gasteiger partial charge on any atom is -0.466 e. The molecule has 0 radical (unpaired) electrons. The van der Waals surface area contributed by atoms with Gasteiger partial charge in [0, 0.05) is 12.0 Å². The molecule has 6 nitrogen and oxygen atoms in total. The van der Waals surface area contributed by atoms with E-state index in [0.717, 1.165) is 17.7 Å². The van der Waals surface area contributed by atoms with Crippen molar-refractivity contribution < 1.29 is 22.7 Å². The molecule has 0 saturated heterocycles. The van der Waals surface area contributed by atoms with Gasteiger partial charge < -0.3 is 9.72 Å². The van der Waals surface area contributed by atoms with Crippen molar-refractivity contribution in [2.45, 2.75) is 25.9 Å². The van der Waals surface area contributed by atoms with Crippen molar-refractivity contribution in [2.75, 3.05) is 6.61 Å². The van der Waals surface area contributed by atoms with Crippen LogP contribution >= 0.6 is 0 Å². The van der Waals surface area contributed by atoms with Gasteiger partial charge in [-0.3, -0.25) is 14.0 Å². The summed E-state index contributed by atoms with van der Waals surface area (Å²) in [6.07, 6.45) is -4.26. The highest BCUT2D eigenvalue weighted by Gasteiger charge is 2.31. The Balaban J connectivity index is 1.98. The van der Waals surface area contributed by atoms with Gasteiger partial charge in [0.05, 0.1) is 41.0 Å². The molecule has 9 heteroatoms. The lowest BCUT2D eigenvalue weighted by molar-refractivity contribution is -0.143. The first-order valence-electron chi connectivity index (χ1n) is 9.65. The van der Waals surface area contributed by atoms with Crippen molar-refractivity contribution in [1.29, 1.82) is 0 Å². The van der Waals surface area contributed by atoms with E-state index < -0.39 is 23.3 Å². The summed E-state index contributed by atoms with van der Waals surface area (Å²) in [4.78, 5) is 31.5. The zero-order chi connectivity index (χ0) is 22.2. The Kier molecular flexibility index (Phi) is 5.26. The molecule has 160 valence electrons. The first-order chi connectivity index (χ1) is 14.8. The molecule has 0 spiro atoms. The number of halogens is 3. The molecular formula is C22H18F3N3O3. The summed E-state index contributed by atoms with van der Waals surface area (Å²) in [7, 11) is 0. The number of carbonyl (C=O) groups is 1. The molecule has 31 heavy (non-hydrogen) atoms. The summed E-state index contributed by atoms with van der Waals surface area (Å²) >= 11 is 0. The number of esters is 1. The standard InChI is InChI=1S/C22H18F3N3O3/c1-2-31-18(29)11-9-15-19(13-6-4-3-5-7-13)28-17-10-8-14(22(23,24)25)12-16(17)27-21(30)20(28)26-15/h3-8,10,12H,2,9,11H2,1H3,(H,27,30). The monoisotopic (exact) mass is 429 g/mol. The van der Waals surface area contributed by atoms with E-state index in [9.17, 15) is 22.8 Å². The summed E-state index contributed by atoms with van der Waals surface area (Å²) in [5.74, 6) is -0.396. The lowest BCUT2D eigenvalue weighted by Gasteiger charge is -2.11. The second-order valence-corrected chi connectivity index (χ2v) is 6.92. The van der Waals surface area contributed by atoms with Crippen molar-refractivity contribution in [3.8, 4) is 11.3 Å². The maximum absolute atomic E-state index is 13.2. The lowest BCUT2D eigenvalue weighted by atomic mass is 10.1. The van der Waals surface area contributed by atoms with Crippen molar-refractivity contribution in [2.24, 2.45) is 0 Å². The summed E-state index contributed by atoms with van der Waals surface area (Å²) in [6.45, 7) is 1.96. The van der Waals surface area contributed by atoms with Crippen molar-refractivity contribution in [1.82, 2.24) is 14.4 Å². The Morgan fingerprint density at radius 2 is 1.90 bits per heavy atom. The largest absolute Gasteiger partial charge is 0.466 e. The third-order valence-electron chi connectivity index (χ3n) is 4.88. The molecular weight excluding hydrogens is 411 g/mol. The first-order valence-corrected chi connectivity index (χ1v) is 9.65. The maximum atomic E-state index is 13.2. The third-order valence-corrected chi connectivity index (χ3v) is 4.88. The number of nitrogens with one attached hydrogen (secondary N) is 1. The summed E-state index contributed by atoms with van der Waals surface area (Å²) in [5, 5.41) is 0. The molecule has 0 amide bonds. The molecule has 0 aliphatic carbocycles. The number of benzene rings is 2. The van der Waals surface area contributed by atoms with Crippen molar-refractivity contribution in [3.63, 3.8) is 0 Å². The number of ether oxygens (including phenoxy) is 1. The Morgan fingerprint density at radius 3 is 2.58 bits per heavy atom. The van der Waals surface area contributed by atoms with Crippen LogP contribution in [0.15, 0.2) is 53.3 Å². The second kappa shape index (κ2) is 7.90. The minimum absolute atomic E-state index is 0.0406. The third kappa shape index (κ3) is 3.90. The van der Waals surface area contributed by atoms with Gasteiger partial charge in [0.25, 0.3) is 5.56 Å². The van der Waals surface area contributed by atoms with Crippen LogP contribution in [-0.2, 0) is 22.1 Å².